The molecule has 2 aliphatic heterocycles. The number of nitrogens with one attached hydrogen (secondary N) is 1. The lowest BCUT2D eigenvalue weighted by Crippen LogP contribution is -2.51. The molecule has 42 heavy (non-hydrogen) atoms. The van der Waals surface area contributed by atoms with E-state index in [0.29, 0.717) is 25.8 Å². The number of amides is 1. The second-order valence-electron chi connectivity index (χ2n) is 12.0. The molecule has 0 bridgehead atoms. The number of ether oxygens (including phenoxy) is 2. The fraction of sp³-hybridized carbons (Fsp3) is 0.581. The number of alkyl halides is 3. The molecule has 230 valence electrons. The molecule has 1 aliphatic carbocycles. The number of carbonyl (C=O) groups is 1. The van der Waals surface area contributed by atoms with Gasteiger partial charge in [0, 0.05) is 42.6 Å². The Labute approximate surface area is 245 Å². The fourth-order valence-corrected chi connectivity index (χ4v) is 8.55. The molecule has 4 unspecified atom stereocenters. The van der Waals surface area contributed by atoms with Crippen molar-refractivity contribution in [2.45, 2.75) is 80.9 Å². The number of carbonyl (C=O) groups excluding carboxylic acids is 1. The first-order chi connectivity index (χ1) is 19.9. The zero-order chi connectivity index (χ0) is 30.1. The molecule has 1 saturated carbocycles. The van der Waals surface area contributed by atoms with Crippen molar-refractivity contribution in [2.75, 3.05) is 25.5 Å². The van der Waals surface area contributed by atoms with Crippen molar-refractivity contribution < 1.29 is 35.9 Å². The molecular weight excluding hydrogens is 569 g/mol. The van der Waals surface area contributed by atoms with Gasteiger partial charge in [-0.2, -0.15) is 13.2 Å². The van der Waals surface area contributed by atoms with Crippen molar-refractivity contribution >= 4 is 15.7 Å². The number of halogens is 3. The summed E-state index contributed by atoms with van der Waals surface area (Å²) in [5.41, 5.74) is -0.555. The molecule has 0 aromatic heterocycles. The van der Waals surface area contributed by atoms with E-state index in [4.69, 9.17) is 9.47 Å². The molecule has 2 saturated heterocycles. The molecule has 3 aliphatic rings. The van der Waals surface area contributed by atoms with Gasteiger partial charge in [-0.25, -0.2) is 8.42 Å². The lowest BCUT2D eigenvalue weighted by Gasteiger charge is -2.42. The lowest BCUT2D eigenvalue weighted by atomic mass is 9.81. The average Bonchev–Trinajstić information content (AvgIpc) is 3.56. The minimum absolute atomic E-state index is 0.0627. The van der Waals surface area contributed by atoms with Crippen LogP contribution in [-0.2, 0) is 36.1 Å². The number of likely N-dealkylation sites (tertiary alicyclic amines) is 1. The van der Waals surface area contributed by atoms with Crippen molar-refractivity contribution in [1.29, 1.82) is 0 Å². The SMILES string of the molecule is CC(C)NC1CCC(N2CCC(CC3(c4cccc(C(F)(F)F)c4)OCCO3)C2=O)C(CS(=O)(=O)c2ccccc2)C1. The first kappa shape index (κ1) is 31.0. The zero-order valence-corrected chi connectivity index (χ0v) is 24.8. The van der Waals surface area contributed by atoms with Crippen LogP contribution in [0.3, 0.4) is 0 Å². The molecular formula is C31H39F3N2O5S. The number of benzene rings is 2. The predicted octanol–water partition coefficient (Wildman–Crippen LogP) is 5.15. The number of hydrogen-bond donors (Lipinski definition) is 1. The zero-order valence-electron chi connectivity index (χ0n) is 24.0. The van der Waals surface area contributed by atoms with Crippen molar-refractivity contribution in [3.05, 3.63) is 65.7 Å². The van der Waals surface area contributed by atoms with E-state index in [1.165, 1.54) is 6.07 Å². The predicted molar refractivity (Wildman–Crippen MR) is 151 cm³/mol. The van der Waals surface area contributed by atoms with Gasteiger partial charge in [0.15, 0.2) is 15.6 Å². The van der Waals surface area contributed by atoms with Crippen LogP contribution in [0, 0.1) is 11.8 Å². The van der Waals surface area contributed by atoms with E-state index < -0.39 is 33.3 Å². The van der Waals surface area contributed by atoms with Crippen LogP contribution in [-0.4, -0.2) is 62.9 Å². The summed E-state index contributed by atoms with van der Waals surface area (Å²) in [7, 11) is -3.58. The Hall–Kier alpha value is -2.47. The fourth-order valence-electron chi connectivity index (χ4n) is 6.86. The highest BCUT2D eigenvalue weighted by atomic mass is 32.2. The first-order valence-electron chi connectivity index (χ1n) is 14.7. The molecule has 2 aromatic carbocycles. The quantitative estimate of drug-likeness (QED) is 0.424. The number of rotatable bonds is 9. The summed E-state index contributed by atoms with van der Waals surface area (Å²) in [6.45, 7) is 5.00. The number of hydrogen-bond acceptors (Lipinski definition) is 6. The summed E-state index contributed by atoms with van der Waals surface area (Å²) < 4.78 is 79.1. The van der Waals surface area contributed by atoms with Gasteiger partial charge in [-0.05, 0) is 55.9 Å². The topological polar surface area (TPSA) is 84.9 Å². The first-order valence-corrected chi connectivity index (χ1v) is 16.3. The summed E-state index contributed by atoms with van der Waals surface area (Å²) >= 11 is 0. The Morgan fingerprint density at radius 2 is 1.74 bits per heavy atom. The molecule has 0 spiro atoms. The van der Waals surface area contributed by atoms with Gasteiger partial charge < -0.3 is 19.7 Å². The molecule has 0 radical (unpaired) electrons. The Bertz CT molecular complexity index is 1350. The van der Waals surface area contributed by atoms with Gasteiger partial charge in [0.05, 0.1) is 29.4 Å². The van der Waals surface area contributed by atoms with Gasteiger partial charge >= 0.3 is 6.18 Å². The molecule has 5 rings (SSSR count). The third-order valence-electron chi connectivity index (χ3n) is 8.70. The Morgan fingerprint density at radius 1 is 1.02 bits per heavy atom. The summed E-state index contributed by atoms with van der Waals surface area (Å²) in [4.78, 5) is 16.0. The minimum Gasteiger partial charge on any atom is -0.343 e. The maximum atomic E-state index is 13.9. The molecule has 2 aromatic rings. The third-order valence-corrected chi connectivity index (χ3v) is 10.6. The normalized spacial score (nSPS) is 26.7. The van der Waals surface area contributed by atoms with Crippen LogP contribution >= 0.6 is 0 Å². The maximum absolute atomic E-state index is 13.9. The number of sulfone groups is 1. The smallest absolute Gasteiger partial charge is 0.343 e. The largest absolute Gasteiger partial charge is 0.416 e. The van der Waals surface area contributed by atoms with E-state index in [9.17, 15) is 26.4 Å². The number of nitrogens with zero attached hydrogens (tertiary/aromatic N) is 1. The van der Waals surface area contributed by atoms with Crippen LogP contribution in [0.1, 0.15) is 57.1 Å². The molecule has 3 fully saturated rings. The molecule has 2 heterocycles. The van der Waals surface area contributed by atoms with E-state index in [1.807, 2.05) is 4.90 Å². The third kappa shape index (κ3) is 6.69. The summed E-state index contributed by atoms with van der Waals surface area (Å²) in [6.07, 6.45) is -1.81. The van der Waals surface area contributed by atoms with Crippen molar-refractivity contribution in [3.63, 3.8) is 0 Å². The average molecular weight is 609 g/mol. The van der Waals surface area contributed by atoms with Gasteiger partial charge in [0.2, 0.25) is 5.91 Å². The van der Waals surface area contributed by atoms with Gasteiger partial charge in [-0.1, -0.05) is 44.2 Å². The Kier molecular flexibility index (Phi) is 9.04. The van der Waals surface area contributed by atoms with Gasteiger partial charge in [0.25, 0.3) is 0 Å². The monoisotopic (exact) mass is 608 g/mol. The highest BCUT2D eigenvalue weighted by Gasteiger charge is 2.48. The summed E-state index contributed by atoms with van der Waals surface area (Å²) in [5.74, 6) is -2.41. The highest BCUT2D eigenvalue weighted by molar-refractivity contribution is 7.91. The molecule has 4 atom stereocenters. The van der Waals surface area contributed by atoms with E-state index in [0.717, 1.165) is 18.6 Å². The molecule has 7 nitrogen and oxygen atoms in total. The van der Waals surface area contributed by atoms with Crippen molar-refractivity contribution in [1.82, 2.24) is 10.2 Å². The van der Waals surface area contributed by atoms with Gasteiger partial charge in [-0.15, -0.1) is 0 Å². The van der Waals surface area contributed by atoms with Crippen LogP contribution in [0.25, 0.3) is 0 Å². The van der Waals surface area contributed by atoms with Gasteiger partial charge in [0.1, 0.15) is 0 Å². The highest BCUT2D eigenvalue weighted by Crippen LogP contribution is 2.43. The summed E-state index contributed by atoms with van der Waals surface area (Å²) in [5, 5.41) is 3.54. The Balaban J connectivity index is 1.36. The summed E-state index contributed by atoms with van der Waals surface area (Å²) in [6, 6.07) is 13.4. The van der Waals surface area contributed by atoms with Crippen LogP contribution in [0.2, 0.25) is 0 Å². The molecule has 11 heteroatoms. The van der Waals surface area contributed by atoms with E-state index in [1.54, 1.807) is 36.4 Å². The van der Waals surface area contributed by atoms with Crippen LogP contribution in [0.15, 0.2) is 59.5 Å². The van der Waals surface area contributed by atoms with E-state index in [2.05, 4.69) is 19.2 Å². The van der Waals surface area contributed by atoms with E-state index >= 15 is 0 Å². The van der Waals surface area contributed by atoms with Crippen LogP contribution in [0.4, 0.5) is 13.2 Å². The maximum Gasteiger partial charge on any atom is 0.416 e. The molecule has 1 amide bonds. The van der Waals surface area contributed by atoms with E-state index in [-0.39, 0.29) is 65.8 Å². The second kappa shape index (κ2) is 12.3. The van der Waals surface area contributed by atoms with Crippen molar-refractivity contribution in [2.24, 2.45) is 11.8 Å². The second-order valence-corrected chi connectivity index (χ2v) is 14.0. The van der Waals surface area contributed by atoms with Crippen LogP contribution in [0.5, 0.6) is 0 Å². The van der Waals surface area contributed by atoms with Gasteiger partial charge in [-0.3, -0.25) is 4.79 Å². The lowest BCUT2D eigenvalue weighted by molar-refractivity contribution is -0.182. The van der Waals surface area contributed by atoms with Crippen molar-refractivity contribution in [3.8, 4) is 0 Å². The minimum atomic E-state index is -4.52. The molecule has 1 N–H and O–H groups in total. The Morgan fingerprint density at radius 3 is 2.40 bits per heavy atom. The standard InChI is InChI=1S/C31H39F3N2O5S/c1-21(2)35-26-11-12-28(23(17-26)20-42(38,39)27-9-4-3-5-10-27)36-14-13-22(29(36)37)19-30(40-15-16-41-30)24-7-6-8-25(18-24)31(32,33)34/h3-10,18,21-23,26,28,35H,11-17,19-20H2,1-2H3. The van der Waals surface area contributed by atoms with Crippen LogP contribution < -0.4 is 5.32 Å².